The van der Waals surface area contributed by atoms with Crippen LogP contribution in [0.25, 0.3) is 0 Å². The lowest BCUT2D eigenvalue weighted by atomic mass is 9.93. The second kappa shape index (κ2) is 14.3. The third kappa shape index (κ3) is 8.60. The number of rotatable bonds is 14. The van der Waals surface area contributed by atoms with Crippen LogP contribution < -0.4 is 0 Å². The van der Waals surface area contributed by atoms with E-state index >= 15 is 0 Å². The Hall–Kier alpha value is -1.84. The lowest BCUT2D eigenvalue weighted by Gasteiger charge is -2.37. The van der Waals surface area contributed by atoms with Crippen molar-refractivity contribution in [2.24, 2.45) is 5.92 Å². The normalized spacial score (nSPS) is 15.7. The second-order valence-corrected chi connectivity index (χ2v) is 9.96. The van der Waals surface area contributed by atoms with Gasteiger partial charge >= 0.3 is 0 Å². The average molecular weight is 443 g/mol. The third-order valence-corrected chi connectivity index (χ3v) is 6.67. The van der Waals surface area contributed by atoms with Crippen LogP contribution in [-0.2, 0) is 16.0 Å². The molecule has 0 aliphatic carbocycles. The van der Waals surface area contributed by atoms with Gasteiger partial charge in [-0.1, -0.05) is 96.4 Å². The van der Waals surface area contributed by atoms with Gasteiger partial charge in [-0.2, -0.15) is 0 Å². The molecule has 32 heavy (non-hydrogen) atoms. The Balaban J connectivity index is 1.79. The van der Waals surface area contributed by atoms with E-state index in [2.05, 4.69) is 45.9 Å². The minimum absolute atomic E-state index is 0.0702. The standard InChI is InChI=1S/C28H46N2O2/c1-5-6-7-8-9-10-11-12-13-18-27(31)29(21-23(2)3)22-28(32)30-20-19-25-16-14-15-17-26(25)24(30)4/h14-17,23-24H,5-13,18-22H2,1-4H3. The Kier molecular flexibility index (Phi) is 11.8. The fraction of sp³-hybridized carbons (Fsp3) is 0.714. The van der Waals surface area contributed by atoms with Crippen molar-refractivity contribution in [3.63, 3.8) is 0 Å². The number of fused-ring (bicyclic) bond motifs is 1. The molecule has 0 spiro atoms. The molecule has 0 bridgehead atoms. The quantitative estimate of drug-likeness (QED) is 0.307. The summed E-state index contributed by atoms with van der Waals surface area (Å²) in [6, 6.07) is 8.47. The van der Waals surface area contributed by atoms with Gasteiger partial charge in [0.2, 0.25) is 11.8 Å². The molecule has 1 aliphatic heterocycles. The van der Waals surface area contributed by atoms with E-state index in [-0.39, 0.29) is 24.4 Å². The first kappa shape index (κ1) is 26.4. The smallest absolute Gasteiger partial charge is 0.242 e. The third-order valence-electron chi connectivity index (χ3n) is 6.67. The zero-order chi connectivity index (χ0) is 23.3. The average Bonchev–Trinajstić information content (AvgIpc) is 2.77. The van der Waals surface area contributed by atoms with Crippen LogP contribution in [0.4, 0.5) is 0 Å². The van der Waals surface area contributed by atoms with E-state index < -0.39 is 0 Å². The van der Waals surface area contributed by atoms with Crippen LogP contribution in [0.1, 0.15) is 109 Å². The largest absolute Gasteiger partial charge is 0.334 e. The van der Waals surface area contributed by atoms with E-state index in [1.54, 1.807) is 0 Å². The second-order valence-electron chi connectivity index (χ2n) is 9.96. The summed E-state index contributed by atoms with van der Waals surface area (Å²) in [5.41, 5.74) is 2.58. The van der Waals surface area contributed by atoms with Gasteiger partial charge in [0.25, 0.3) is 0 Å². The van der Waals surface area contributed by atoms with E-state index in [9.17, 15) is 9.59 Å². The molecule has 0 saturated carbocycles. The van der Waals surface area contributed by atoms with Crippen LogP contribution in [0.5, 0.6) is 0 Å². The van der Waals surface area contributed by atoms with Crippen LogP contribution in [0.15, 0.2) is 24.3 Å². The van der Waals surface area contributed by atoms with Gasteiger partial charge in [0, 0.05) is 19.5 Å². The highest BCUT2D eigenvalue weighted by atomic mass is 16.2. The van der Waals surface area contributed by atoms with Crippen molar-refractivity contribution in [1.29, 1.82) is 0 Å². The van der Waals surface area contributed by atoms with Gasteiger partial charge in [-0.3, -0.25) is 9.59 Å². The zero-order valence-electron chi connectivity index (χ0n) is 21.1. The SMILES string of the molecule is CCCCCCCCCCCC(=O)N(CC(=O)N1CCc2ccccc2C1C)CC(C)C. The number of hydrogen-bond donors (Lipinski definition) is 0. The van der Waals surface area contributed by atoms with E-state index in [0.717, 1.165) is 25.8 Å². The number of benzene rings is 1. The lowest BCUT2D eigenvalue weighted by Crippen LogP contribution is -2.47. The minimum atomic E-state index is 0.0702. The van der Waals surface area contributed by atoms with E-state index in [1.807, 2.05) is 15.9 Å². The van der Waals surface area contributed by atoms with Gasteiger partial charge in [-0.15, -0.1) is 0 Å². The molecule has 1 atom stereocenters. The van der Waals surface area contributed by atoms with E-state index in [1.165, 1.54) is 56.1 Å². The highest BCUT2D eigenvalue weighted by Crippen LogP contribution is 2.29. The molecule has 4 heteroatoms. The molecule has 0 aromatic heterocycles. The Morgan fingerprint density at radius 2 is 1.62 bits per heavy atom. The molecule has 2 amide bonds. The lowest BCUT2D eigenvalue weighted by molar-refractivity contribution is -0.142. The molecule has 1 heterocycles. The number of carbonyl (C=O) groups excluding carboxylic acids is 2. The molecule has 0 radical (unpaired) electrons. The van der Waals surface area contributed by atoms with Crippen molar-refractivity contribution in [1.82, 2.24) is 9.80 Å². The number of unbranched alkanes of at least 4 members (excludes halogenated alkanes) is 8. The van der Waals surface area contributed by atoms with Crippen molar-refractivity contribution in [2.75, 3.05) is 19.6 Å². The molecular weight excluding hydrogens is 396 g/mol. The number of hydrogen-bond acceptors (Lipinski definition) is 2. The number of amides is 2. The minimum Gasteiger partial charge on any atom is -0.334 e. The molecule has 180 valence electrons. The summed E-state index contributed by atoms with van der Waals surface area (Å²) in [6.45, 7) is 10.2. The first-order chi connectivity index (χ1) is 15.4. The molecule has 1 aromatic carbocycles. The summed E-state index contributed by atoms with van der Waals surface area (Å²) in [7, 11) is 0. The number of nitrogens with zero attached hydrogens (tertiary/aromatic N) is 2. The van der Waals surface area contributed by atoms with Crippen molar-refractivity contribution < 1.29 is 9.59 Å². The van der Waals surface area contributed by atoms with Gasteiger partial charge in [0.05, 0.1) is 12.6 Å². The first-order valence-corrected chi connectivity index (χ1v) is 13.1. The molecule has 0 saturated heterocycles. The Morgan fingerprint density at radius 3 is 2.28 bits per heavy atom. The zero-order valence-corrected chi connectivity index (χ0v) is 21.1. The van der Waals surface area contributed by atoms with Gasteiger partial charge in [0.15, 0.2) is 0 Å². The maximum absolute atomic E-state index is 13.2. The predicted octanol–water partition coefficient (Wildman–Crippen LogP) is 6.54. The van der Waals surface area contributed by atoms with Crippen LogP contribution in [0.2, 0.25) is 0 Å². The van der Waals surface area contributed by atoms with E-state index in [4.69, 9.17) is 0 Å². The van der Waals surface area contributed by atoms with Crippen molar-refractivity contribution in [3.05, 3.63) is 35.4 Å². The van der Waals surface area contributed by atoms with Crippen LogP contribution >= 0.6 is 0 Å². The molecular formula is C28H46N2O2. The monoisotopic (exact) mass is 442 g/mol. The summed E-state index contributed by atoms with van der Waals surface area (Å²) in [6.07, 6.45) is 12.7. The van der Waals surface area contributed by atoms with Crippen LogP contribution in [-0.4, -0.2) is 41.2 Å². The molecule has 0 N–H and O–H groups in total. The topological polar surface area (TPSA) is 40.6 Å². The summed E-state index contributed by atoms with van der Waals surface area (Å²) in [4.78, 5) is 29.9. The fourth-order valence-electron chi connectivity index (χ4n) is 4.81. The first-order valence-electron chi connectivity index (χ1n) is 13.1. The van der Waals surface area contributed by atoms with Crippen LogP contribution in [0, 0.1) is 5.92 Å². The summed E-state index contributed by atoms with van der Waals surface area (Å²) >= 11 is 0. The van der Waals surface area contributed by atoms with Gasteiger partial charge in [-0.25, -0.2) is 0 Å². The summed E-state index contributed by atoms with van der Waals surface area (Å²) in [5.74, 6) is 0.572. The van der Waals surface area contributed by atoms with Gasteiger partial charge < -0.3 is 9.80 Å². The Labute approximate surface area is 196 Å². The highest BCUT2D eigenvalue weighted by molar-refractivity contribution is 5.85. The number of carbonyl (C=O) groups is 2. The molecule has 0 fully saturated rings. The van der Waals surface area contributed by atoms with Gasteiger partial charge in [0.1, 0.15) is 0 Å². The molecule has 4 nitrogen and oxygen atoms in total. The molecule has 1 aromatic rings. The maximum Gasteiger partial charge on any atom is 0.242 e. The van der Waals surface area contributed by atoms with Gasteiger partial charge in [-0.05, 0) is 36.8 Å². The fourth-order valence-corrected chi connectivity index (χ4v) is 4.81. The predicted molar refractivity (Wildman–Crippen MR) is 134 cm³/mol. The molecule has 1 unspecified atom stereocenters. The molecule has 1 aliphatic rings. The highest BCUT2D eigenvalue weighted by Gasteiger charge is 2.29. The summed E-state index contributed by atoms with van der Waals surface area (Å²) < 4.78 is 0. The van der Waals surface area contributed by atoms with E-state index in [0.29, 0.717) is 18.9 Å². The van der Waals surface area contributed by atoms with Crippen molar-refractivity contribution in [3.8, 4) is 0 Å². The van der Waals surface area contributed by atoms with Crippen molar-refractivity contribution >= 4 is 11.8 Å². The Morgan fingerprint density at radius 1 is 1.00 bits per heavy atom. The maximum atomic E-state index is 13.2. The summed E-state index contributed by atoms with van der Waals surface area (Å²) in [5, 5.41) is 0. The van der Waals surface area contributed by atoms with Crippen molar-refractivity contribution in [2.45, 2.75) is 104 Å². The van der Waals surface area contributed by atoms with Crippen LogP contribution in [0.3, 0.4) is 0 Å². The molecule has 2 rings (SSSR count). The Bertz CT molecular complexity index is 700.